The molecule has 110 valence electrons. The quantitative estimate of drug-likeness (QED) is 0.869. The molecule has 0 unspecified atom stereocenters. The number of rotatable bonds is 4. The summed E-state index contributed by atoms with van der Waals surface area (Å²) in [5.74, 6) is 0.315. The highest BCUT2D eigenvalue weighted by Gasteiger charge is 2.12. The normalized spacial score (nSPS) is 10.5. The highest BCUT2D eigenvalue weighted by atomic mass is 79.9. The lowest BCUT2D eigenvalue weighted by Crippen LogP contribution is -2.12. The van der Waals surface area contributed by atoms with E-state index in [1.165, 1.54) is 6.07 Å². The van der Waals surface area contributed by atoms with E-state index in [2.05, 4.69) is 21.2 Å². The number of carbonyl (C=O) groups excluding carboxylic acids is 1. The molecule has 2 N–H and O–H groups in total. The Labute approximate surface area is 131 Å². The molecule has 2 rings (SSSR count). The number of halogens is 1. The van der Waals surface area contributed by atoms with Crippen LogP contribution in [-0.4, -0.2) is 17.1 Å². The summed E-state index contributed by atoms with van der Waals surface area (Å²) in [5.41, 5.74) is 0.849. The Hall–Kier alpha value is -2.01. The largest absolute Gasteiger partial charge is 0.507 e. The first-order valence-corrected chi connectivity index (χ1v) is 7.31. The molecule has 2 aromatic carbocycles. The molecule has 1 amide bonds. The molecule has 0 aromatic heterocycles. The van der Waals surface area contributed by atoms with E-state index >= 15 is 0 Å². The van der Waals surface area contributed by atoms with Crippen LogP contribution in [-0.2, 0) is 0 Å². The Bertz CT molecular complexity index is 638. The molecule has 4 nitrogen and oxygen atoms in total. The van der Waals surface area contributed by atoms with Gasteiger partial charge in [0.05, 0.1) is 11.7 Å². The summed E-state index contributed by atoms with van der Waals surface area (Å²) in [5, 5.41) is 12.5. The zero-order chi connectivity index (χ0) is 15.4. The lowest BCUT2D eigenvalue weighted by Gasteiger charge is -2.11. The van der Waals surface area contributed by atoms with E-state index in [4.69, 9.17) is 4.74 Å². The van der Waals surface area contributed by atoms with Crippen LogP contribution in [0.3, 0.4) is 0 Å². The van der Waals surface area contributed by atoms with Gasteiger partial charge in [0.25, 0.3) is 5.91 Å². The molecule has 0 saturated carbocycles. The Morgan fingerprint density at radius 2 is 1.86 bits per heavy atom. The van der Waals surface area contributed by atoms with Gasteiger partial charge in [-0.2, -0.15) is 0 Å². The third-order valence-electron chi connectivity index (χ3n) is 2.69. The minimum Gasteiger partial charge on any atom is -0.507 e. The van der Waals surface area contributed by atoms with Gasteiger partial charge in [-0.3, -0.25) is 4.79 Å². The van der Waals surface area contributed by atoms with E-state index in [1.807, 2.05) is 13.8 Å². The Kier molecular flexibility index (Phi) is 4.85. The summed E-state index contributed by atoms with van der Waals surface area (Å²) in [7, 11) is 0. The van der Waals surface area contributed by atoms with E-state index in [9.17, 15) is 9.90 Å². The maximum absolute atomic E-state index is 12.1. The summed E-state index contributed by atoms with van der Waals surface area (Å²) in [6.45, 7) is 3.90. The van der Waals surface area contributed by atoms with Gasteiger partial charge < -0.3 is 15.2 Å². The number of nitrogens with one attached hydrogen (secondary N) is 1. The summed E-state index contributed by atoms with van der Waals surface area (Å²) >= 11 is 3.27. The van der Waals surface area contributed by atoms with Crippen LogP contribution in [0.2, 0.25) is 0 Å². The fourth-order valence-corrected chi connectivity index (χ4v) is 2.14. The first-order chi connectivity index (χ1) is 9.95. The minimum absolute atomic E-state index is 0.0598. The molecule has 0 heterocycles. The van der Waals surface area contributed by atoms with Crippen molar-refractivity contribution in [3.63, 3.8) is 0 Å². The van der Waals surface area contributed by atoms with Crippen LogP contribution in [0.5, 0.6) is 11.5 Å². The van der Waals surface area contributed by atoms with Crippen molar-refractivity contribution >= 4 is 27.5 Å². The van der Waals surface area contributed by atoms with Gasteiger partial charge in [-0.1, -0.05) is 15.9 Å². The maximum atomic E-state index is 12.1. The average Bonchev–Trinajstić information content (AvgIpc) is 2.43. The van der Waals surface area contributed by atoms with Crippen molar-refractivity contribution in [1.29, 1.82) is 0 Å². The molecule has 5 heteroatoms. The molecular weight excluding hydrogens is 334 g/mol. The predicted octanol–water partition coefficient (Wildman–Crippen LogP) is 4.19. The van der Waals surface area contributed by atoms with Crippen molar-refractivity contribution in [2.24, 2.45) is 0 Å². The number of aromatic hydroxyl groups is 1. The summed E-state index contributed by atoms with van der Waals surface area (Å²) in [4.78, 5) is 12.1. The zero-order valence-corrected chi connectivity index (χ0v) is 13.3. The van der Waals surface area contributed by atoms with E-state index < -0.39 is 0 Å². The molecule has 0 spiro atoms. The molecule has 0 saturated heterocycles. The number of phenolic OH excluding ortho intramolecular Hbond substituents is 1. The van der Waals surface area contributed by atoms with Crippen LogP contribution in [0.15, 0.2) is 46.9 Å². The maximum Gasteiger partial charge on any atom is 0.259 e. The molecule has 0 aliphatic heterocycles. The fourth-order valence-electron chi connectivity index (χ4n) is 1.78. The van der Waals surface area contributed by atoms with Gasteiger partial charge in [0.15, 0.2) is 0 Å². The standard InChI is InChI=1S/C16H16BrNO3/c1-10(2)21-13-6-4-12(5-7-13)18-16(20)14-9-11(17)3-8-15(14)19/h3-10,19H,1-2H3,(H,18,20). The molecule has 0 bridgehead atoms. The van der Waals surface area contributed by atoms with Crippen LogP contribution in [0, 0.1) is 0 Å². The van der Waals surface area contributed by atoms with Gasteiger partial charge in [0.2, 0.25) is 0 Å². The molecule has 0 aliphatic rings. The zero-order valence-electron chi connectivity index (χ0n) is 11.8. The number of ether oxygens (including phenoxy) is 1. The molecular formula is C16H16BrNO3. The fraction of sp³-hybridized carbons (Fsp3) is 0.188. The van der Waals surface area contributed by atoms with Crippen LogP contribution in [0.4, 0.5) is 5.69 Å². The second-order valence-electron chi connectivity index (χ2n) is 4.81. The summed E-state index contributed by atoms with van der Waals surface area (Å²) < 4.78 is 6.26. The molecule has 21 heavy (non-hydrogen) atoms. The van der Waals surface area contributed by atoms with E-state index in [-0.39, 0.29) is 23.3 Å². The third-order valence-corrected chi connectivity index (χ3v) is 3.18. The second-order valence-corrected chi connectivity index (χ2v) is 5.72. The first kappa shape index (κ1) is 15.4. The molecule has 0 radical (unpaired) electrons. The van der Waals surface area contributed by atoms with Crippen molar-refractivity contribution in [2.45, 2.75) is 20.0 Å². The minimum atomic E-state index is -0.369. The van der Waals surface area contributed by atoms with E-state index in [1.54, 1.807) is 36.4 Å². The Balaban J connectivity index is 2.10. The number of hydrogen-bond acceptors (Lipinski definition) is 3. The van der Waals surface area contributed by atoms with Crippen molar-refractivity contribution in [3.05, 3.63) is 52.5 Å². The molecule has 0 fully saturated rings. The van der Waals surface area contributed by atoms with Gasteiger partial charge >= 0.3 is 0 Å². The number of anilines is 1. The topological polar surface area (TPSA) is 58.6 Å². The summed E-state index contributed by atoms with van der Waals surface area (Å²) in [6, 6.07) is 11.8. The number of benzene rings is 2. The third kappa shape index (κ3) is 4.23. The molecule has 2 aromatic rings. The summed E-state index contributed by atoms with van der Waals surface area (Å²) in [6.07, 6.45) is 0.101. The van der Waals surface area contributed by atoms with Gasteiger partial charge in [0, 0.05) is 10.2 Å². The first-order valence-electron chi connectivity index (χ1n) is 6.52. The van der Waals surface area contributed by atoms with E-state index in [0.717, 1.165) is 10.2 Å². The number of phenols is 1. The van der Waals surface area contributed by atoms with Gasteiger partial charge in [-0.05, 0) is 56.3 Å². The Morgan fingerprint density at radius 3 is 2.48 bits per heavy atom. The van der Waals surface area contributed by atoms with Crippen molar-refractivity contribution < 1.29 is 14.6 Å². The number of amides is 1. The van der Waals surface area contributed by atoms with Gasteiger partial charge in [-0.15, -0.1) is 0 Å². The second kappa shape index (κ2) is 6.63. The van der Waals surface area contributed by atoms with Crippen LogP contribution >= 0.6 is 15.9 Å². The smallest absolute Gasteiger partial charge is 0.259 e. The lowest BCUT2D eigenvalue weighted by atomic mass is 10.2. The van der Waals surface area contributed by atoms with Gasteiger partial charge in [-0.25, -0.2) is 0 Å². The highest BCUT2D eigenvalue weighted by Crippen LogP contribution is 2.23. The van der Waals surface area contributed by atoms with E-state index in [0.29, 0.717) is 5.69 Å². The van der Waals surface area contributed by atoms with Crippen LogP contribution < -0.4 is 10.1 Å². The van der Waals surface area contributed by atoms with Gasteiger partial charge in [0.1, 0.15) is 11.5 Å². The molecule has 0 aliphatic carbocycles. The highest BCUT2D eigenvalue weighted by molar-refractivity contribution is 9.10. The van der Waals surface area contributed by atoms with Crippen molar-refractivity contribution in [1.82, 2.24) is 0 Å². The predicted molar refractivity (Wildman–Crippen MR) is 86.0 cm³/mol. The van der Waals surface area contributed by atoms with Crippen molar-refractivity contribution in [3.8, 4) is 11.5 Å². The molecule has 0 atom stereocenters. The monoisotopic (exact) mass is 349 g/mol. The van der Waals surface area contributed by atoms with Crippen LogP contribution in [0.25, 0.3) is 0 Å². The SMILES string of the molecule is CC(C)Oc1ccc(NC(=O)c2cc(Br)ccc2O)cc1. The number of carbonyl (C=O) groups is 1. The average molecular weight is 350 g/mol. The Morgan fingerprint density at radius 1 is 1.19 bits per heavy atom. The van der Waals surface area contributed by atoms with Crippen LogP contribution in [0.1, 0.15) is 24.2 Å². The van der Waals surface area contributed by atoms with Crippen molar-refractivity contribution in [2.75, 3.05) is 5.32 Å². The lowest BCUT2D eigenvalue weighted by molar-refractivity contribution is 0.102. The number of hydrogen-bond donors (Lipinski definition) is 2.